The summed E-state index contributed by atoms with van der Waals surface area (Å²) in [5.74, 6) is 3.04. The molecule has 0 saturated heterocycles. The highest BCUT2D eigenvalue weighted by Gasteiger charge is 2.51. The molecular weight excluding hydrogens is 310 g/mol. The van der Waals surface area contributed by atoms with E-state index in [1.54, 1.807) is 0 Å². The van der Waals surface area contributed by atoms with Gasteiger partial charge in [0, 0.05) is 6.20 Å². The zero-order valence-electron chi connectivity index (χ0n) is 14.5. The molecule has 0 spiro atoms. The number of benzene rings is 1. The second kappa shape index (κ2) is 6.54. The van der Waals surface area contributed by atoms with Gasteiger partial charge in [-0.25, -0.2) is 4.99 Å². The van der Waals surface area contributed by atoms with Gasteiger partial charge in [0.15, 0.2) is 5.96 Å². The molecule has 0 heterocycles. The third-order valence-corrected chi connectivity index (χ3v) is 5.90. The number of guanidine groups is 2. The fourth-order valence-electron chi connectivity index (χ4n) is 5.44. The lowest BCUT2D eigenvalue weighted by atomic mass is 9.53. The fraction of sp³-hybridized carbons (Fsp3) is 0.500. The summed E-state index contributed by atoms with van der Waals surface area (Å²) in [6.45, 7) is 0. The number of nitrogens with zero attached hydrogens (tertiary/aromatic N) is 1. The van der Waals surface area contributed by atoms with E-state index in [0.29, 0.717) is 5.96 Å². The monoisotopic (exact) mass is 337 g/mol. The summed E-state index contributed by atoms with van der Waals surface area (Å²) in [7, 11) is 0. The predicted octanol–water partition coefficient (Wildman–Crippen LogP) is 3.05. The van der Waals surface area contributed by atoms with Crippen LogP contribution in [-0.4, -0.2) is 17.5 Å². The summed E-state index contributed by atoms with van der Waals surface area (Å²) in [6, 6.07) is 10.1. The van der Waals surface area contributed by atoms with Gasteiger partial charge in [0.1, 0.15) is 0 Å². The third kappa shape index (κ3) is 3.70. The molecule has 132 valence electrons. The average Bonchev–Trinajstić information content (AvgIpc) is 2.53. The number of nitrogens with one attached hydrogen (secondary N) is 3. The van der Waals surface area contributed by atoms with Crippen LogP contribution in [0.15, 0.2) is 41.5 Å². The number of nitrogens with two attached hydrogens (primary N) is 1. The minimum absolute atomic E-state index is 0.0418. The van der Waals surface area contributed by atoms with Crippen molar-refractivity contribution >= 4 is 18.0 Å². The van der Waals surface area contributed by atoms with Gasteiger partial charge in [-0.3, -0.25) is 10.7 Å². The zero-order chi connectivity index (χ0) is 17.3. The Morgan fingerprint density at radius 1 is 1.08 bits per heavy atom. The van der Waals surface area contributed by atoms with Gasteiger partial charge in [0.25, 0.3) is 0 Å². The minimum Gasteiger partial charge on any atom is -0.370 e. The molecule has 0 amide bonds. The molecule has 4 aliphatic rings. The van der Waals surface area contributed by atoms with Crippen LogP contribution in [0.5, 0.6) is 0 Å². The van der Waals surface area contributed by atoms with Gasteiger partial charge in [-0.1, -0.05) is 30.3 Å². The van der Waals surface area contributed by atoms with Crippen molar-refractivity contribution in [2.45, 2.75) is 44.1 Å². The summed E-state index contributed by atoms with van der Waals surface area (Å²) >= 11 is 0. The van der Waals surface area contributed by atoms with Crippen LogP contribution in [-0.2, 0) is 0 Å². The topological polar surface area (TPSA) is 86.3 Å². The van der Waals surface area contributed by atoms with Gasteiger partial charge in [0.2, 0.25) is 5.96 Å². The molecule has 4 saturated carbocycles. The summed E-state index contributed by atoms with van der Waals surface area (Å²) < 4.78 is 0. The van der Waals surface area contributed by atoms with Gasteiger partial charge < -0.3 is 11.1 Å². The number of hydrogen-bond donors (Lipinski definition) is 4. The maximum atomic E-state index is 7.59. The number of aliphatic imine (C=N–C) groups is 1. The van der Waals surface area contributed by atoms with E-state index >= 15 is 0 Å². The van der Waals surface area contributed by atoms with Crippen molar-refractivity contribution in [3.63, 3.8) is 0 Å². The zero-order valence-corrected chi connectivity index (χ0v) is 14.5. The van der Waals surface area contributed by atoms with Crippen molar-refractivity contribution in [3.05, 3.63) is 42.1 Å². The second-order valence-corrected chi connectivity index (χ2v) is 8.03. The Labute approximate surface area is 149 Å². The van der Waals surface area contributed by atoms with Crippen LogP contribution in [0.4, 0.5) is 0 Å². The van der Waals surface area contributed by atoms with Crippen molar-refractivity contribution in [3.8, 4) is 0 Å². The molecule has 0 aliphatic heterocycles. The first-order valence-electron chi connectivity index (χ1n) is 9.29. The van der Waals surface area contributed by atoms with Crippen LogP contribution in [0.1, 0.15) is 44.1 Å². The average molecular weight is 337 g/mol. The smallest absolute Gasteiger partial charge is 0.202 e. The van der Waals surface area contributed by atoms with E-state index in [9.17, 15) is 0 Å². The van der Waals surface area contributed by atoms with Crippen LogP contribution in [0.3, 0.4) is 0 Å². The molecular formula is C20H27N5. The van der Waals surface area contributed by atoms with Crippen LogP contribution in [0.2, 0.25) is 0 Å². The molecule has 0 unspecified atom stereocenters. The van der Waals surface area contributed by atoms with Crippen LogP contribution >= 0.6 is 0 Å². The lowest BCUT2D eigenvalue weighted by Crippen LogP contribution is -2.52. The standard InChI is InChI=1S/C20H27N5/c21-18(22)24-19(23-7-6-14-4-2-1-3-5-14)25-20-11-15-8-16(12-20)10-17(9-15)13-20/h1-7,15-17H,8-13H2,(H5,21,22,23,24,25). The van der Waals surface area contributed by atoms with Crippen molar-refractivity contribution in [2.24, 2.45) is 28.5 Å². The van der Waals surface area contributed by atoms with Crippen molar-refractivity contribution in [1.29, 1.82) is 5.41 Å². The van der Waals surface area contributed by atoms with Crippen LogP contribution < -0.4 is 16.4 Å². The molecule has 1 aromatic rings. The molecule has 0 aromatic heterocycles. The second-order valence-electron chi connectivity index (χ2n) is 8.03. The van der Waals surface area contributed by atoms with Crippen molar-refractivity contribution in [1.82, 2.24) is 10.6 Å². The van der Waals surface area contributed by atoms with Gasteiger partial charge in [-0.05, 0) is 67.9 Å². The number of rotatable bonds is 3. The maximum absolute atomic E-state index is 7.59. The molecule has 5 heteroatoms. The Kier molecular flexibility index (Phi) is 4.24. The Hall–Kier alpha value is -2.30. The summed E-state index contributed by atoms with van der Waals surface area (Å²) in [6.07, 6.45) is 11.6. The van der Waals surface area contributed by atoms with E-state index in [1.165, 1.54) is 38.5 Å². The highest BCUT2D eigenvalue weighted by molar-refractivity contribution is 5.97. The maximum Gasteiger partial charge on any atom is 0.202 e. The summed E-state index contributed by atoms with van der Waals surface area (Å²) in [5.41, 5.74) is 6.73. The first-order valence-corrected chi connectivity index (χ1v) is 9.29. The Balaban J connectivity index is 1.51. The quantitative estimate of drug-likeness (QED) is 0.505. The van der Waals surface area contributed by atoms with E-state index in [4.69, 9.17) is 16.1 Å². The predicted molar refractivity (Wildman–Crippen MR) is 102 cm³/mol. The largest absolute Gasteiger partial charge is 0.370 e. The Morgan fingerprint density at radius 2 is 1.68 bits per heavy atom. The lowest BCUT2D eigenvalue weighted by molar-refractivity contribution is 0.00145. The molecule has 25 heavy (non-hydrogen) atoms. The molecule has 0 radical (unpaired) electrons. The molecule has 0 atom stereocenters. The molecule has 1 aromatic carbocycles. The lowest BCUT2D eigenvalue weighted by Gasteiger charge is -2.55. The summed E-state index contributed by atoms with van der Waals surface area (Å²) in [5, 5.41) is 13.7. The van der Waals surface area contributed by atoms with Crippen molar-refractivity contribution < 1.29 is 0 Å². The SMILES string of the molecule is N=C(N)NC(=NC12CC3CC(CC(C3)C1)C2)NC=Cc1ccccc1. The highest BCUT2D eigenvalue weighted by atomic mass is 15.2. The van der Waals surface area contributed by atoms with Gasteiger partial charge in [-0.15, -0.1) is 0 Å². The van der Waals surface area contributed by atoms with Crippen LogP contribution in [0, 0.1) is 23.2 Å². The molecule has 5 N–H and O–H groups in total. The Bertz CT molecular complexity index is 656. The highest BCUT2D eigenvalue weighted by Crippen LogP contribution is 2.57. The van der Waals surface area contributed by atoms with Gasteiger partial charge in [-0.2, -0.15) is 0 Å². The Morgan fingerprint density at radius 3 is 2.24 bits per heavy atom. The van der Waals surface area contributed by atoms with Gasteiger partial charge in [0.05, 0.1) is 5.54 Å². The van der Waals surface area contributed by atoms with E-state index in [-0.39, 0.29) is 11.5 Å². The number of hydrogen-bond acceptors (Lipinski definition) is 2. The van der Waals surface area contributed by atoms with Crippen LogP contribution in [0.25, 0.3) is 6.08 Å². The first kappa shape index (κ1) is 16.2. The van der Waals surface area contributed by atoms with E-state index in [0.717, 1.165) is 23.3 Å². The van der Waals surface area contributed by atoms with E-state index < -0.39 is 0 Å². The molecule has 5 rings (SSSR count). The van der Waals surface area contributed by atoms with Crippen molar-refractivity contribution in [2.75, 3.05) is 0 Å². The fourth-order valence-corrected chi connectivity index (χ4v) is 5.44. The molecule has 4 fully saturated rings. The minimum atomic E-state index is -0.0795. The van der Waals surface area contributed by atoms with E-state index in [1.807, 2.05) is 42.6 Å². The summed E-state index contributed by atoms with van der Waals surface area (Å²) in [4.78, 5) is 5.06. The molecule has 4 aliphatic carbocycles. The third-order valence-electron chi connectivity index (χ3n) is 5.90. The van der Waals surface area contributed by atoms with E-state index in [2.05, 4.69) is 10.6 Å². The molecule has 5 nitrogen and oxygen atoms in total. The normalized spacial score (nSPS) is 33.6. The van der Waals surface area contributed by atoms with Gasteiger partial charge >= 0.3 is 0 Å². The first-order chi connectivity index (χ1) is 12.1. The molecule has 4 bridgehead atoms.